The number of imidazole rings is 1. The number of aryl methyl sites for hydroxylation is 1. The molecule has 3 aromatic heterocycles. The molecular formula is C19H21FN6. The molecule has 0 aromatic carbocycles. The fourth-order valence-electron chi connectivity index (χ4n) is 3.06. The van der Waals surface area contributed by atoms with Gasteiger partial charge in [-0.2, -0.15) is 0 Å². The standard InChI is InChI=1S/C19H21FN6/c1-19(2,20)12-24-17-22-10-15-14(5-3-4-6-16(15)25-17)13-9-23-18-21-7-8-26(18)11-13/h5,7-11H,3-4,6,12H2,1-2H3,(H,22,24,25). The number of fused-ring (bicyclic) bond motifs is 2. The van der Waals surface area contributed by atoms with Crippen LogP contribution in [0.4, 0.5) is 10.3 Å². The van der Waals surface area contributed by atoms with Crippen LogP contribution in [0.5, 0.6) is 0 Å². The van der Waals surface area contributed by atoms with Gasteiger partial charge in [-0.25, -0.2) is 24.3 Å². The Hall–Kier alpha value is -2.83. The number of nitrogens with zero attached hydrogens (tertiary/aromatic N) is 5. The number of rotatable bonds is 4. The molecular weight excluding hydrogens is 331 g/mol. The molecule has 6 nitrogen and oxygen atoms in total. The minimum absolute atomic E-state index is 0.176. The summed E-state index contributed by atoms with van der Waals surface area (Å²) in [4.78, 5) is 17.6. The van der Waals surface area contributed by atoms with Crippen molar-refractivity contribution in [3.05, 3.63) is 53.9 Å². The van der Waals surface area contributed by atoms with Gasteiger partial charge in [-0.15, -0.1) is 0 Å². The lowest BCUT2D eigenvalue weighted by Gasteiger charge is -2.16. The van der Waals surface area contributed by atoms with E-state index in [4.69, 9.17) is 0 Å². The van der Waals surface area contributed by atoms with E-state index < -0.39 is 5.67 Å². The third-order valence-corrected chi connectivity index (χ3v) is 4.35. The Bertz CT molecular complexity index is 970. The third kappa shape index (κ3) is 3.42. The van der Waals surface area contributed by atoms with Gasteiger partial charge in [-0.1, -0.05) is 6.08 Å². The van der Waals surface area contributed by atoms with Crippen LogP contribution < -0.4 is 5.32 Å². The molecule has 0 atom stereocenters. The average molecular weight is 352 g/mol. The van der Waals surface area contributed by atoms with Crippen molar-refractivity contribution < 1.29 is 4.39 Å². The molecule has 0 amide bonds. The topological polar surface area (TPSA) is 68.0 Å². The average Bonchev–Trinajstić information content (AvgIpc) is 2.97. The fraction of sp³-hybridized carbons (Fsp3) is 0.368. The van der Waals surface area contributed by atoms with Gasteiger partial charge in [0.2, 0.25) is 11.7 Å². The summed E-state index contributed by atoms with van der Waals surface area (Å²) in [5.41, 5.74) is 2.76. The van der Waals surface area contributed by atoms with Crippen LogP contribution in [0.3, 0.4) is 0 Å². The molecule has 134 valence electrons. The maximum Gasteiger partial charge on any atom is 0.233 e. The number of anilines is 1. The van der Waals surface area contributed by atoms with Crippen molar-refractivity contribution in [3.63, 3.8) is 0 Å². The molecule has 0 aliphatic heterocycles. The second-order valence-electron chi connectivity index (χ2n) is 7.11. The van der Waals surface area contributed by atoms with Crippen molar-refractivity contribution in [1.82, 2.24) is 24.3 Å². The van der Waals surface area contributed by atoms with E-state index >= 15 is 0 Å². The molecule has 0 spiro atoms. The largest absolute Gasteiger partial charge is 0.351 e. The van der Waals surface area contributed by atoms with Crippen LogP contribution in [-0.2, 0) is 6.42 Å². The zero-order chi connectivity index (χ0) is 18.1. The van der Waals surface area contributed by atoms with E-state index in [9.17, 15) is 4.39 Å². The van der Waals surface area contributed by atoms with Crippen molar-refractivity contribution in [2.45, 2.75) is 38.8 Å². The minimum atomic E-state index is -1.31. The molecule has 1 aliphatic carbocycles. The summed E-state index contributed by atoms with van der Waals surface area (Å²) in [5, 5.41) is 2.99. The minimum Gasteiger partial charge on any atom is -0.351 e. The first-order chi connectivity index (χ1) is 12.5. The zero-order valence-corrected chi connectivity index (χ0v) is 14.9. The number of halogens is 1. The molecule has 3 heterocycles. The molecule has 1 N–H and O–H groups in total. The maximum atomic E-state index is 13.7. The van der Waals surface area contributed by atoms with Crippen molar-refractivity contribution in [2.75, 3.05) is 11.9 Å². The van der Waals surface area contributed by atoms with E-state index in [1.807, 2.05) is 29.2 Å². The van der Waals surface area contributed by atoms with Crippen LogP contribution in [0.2, 0.25) is 0 Å². The molecule has 0 bridgehead atoms. The molecule has 0 saturated heterocycles. The number of aromatic nitrogens is 5. The Morgan fingerprint density at radius 1 is 1.23 bits per heavy atom. The Labute approximate surface area is 151 Å². The first kappa shape index (κ1) is 16.6. The lowest BCUT2D eigenvalue weighted by molar-refractivity contribution is 0.234. The van der Waals surface area contributed by atoms with Gasteiger partial charge >= 0.3 is 0 Å². The van der Waals surface area contributed by atoms with Gasteiger partial charge in [0.05, 0.1) is 12.2 Å². The second-order valence-corrected chi connectivity index (χ2v) is 7.11. The van der Waals surface area contributed by atoms with Gasteiger partial charge in [0.1, 0.15) is 5.67 Å². The first-order valence-electron chi connectivity index (χ1n) is 8.78. The van der Waals surface area contributed by atoms with E-state index in [0.29, 0.717) is 11.7 Å². The second kappa shape index (κ2) is 6.48. The number of allylic oxidation sites excluding steroid dienone is 1. The van der Waals surface area contributed by atoms with E-state index in [-0.39, 0.29) is 6.54 Å². The van der Waals surface area contributed by atoms with E-state index in [0.717, 1.165) is 41.7 Å². The lowest BCUT2D eigenvalue weighted by Crippen LogP contribution is -2.25. The predicted octanol–water partition coefficient (Wildman–Crippen LogP) is 3.45. The van der Waals surface area contributed by atoms with Crippen LogP contribution in [-0.4, -0.2) is 36.6 Å². The summed E-state index contributed by atoms with van der Waals surface area (Å²) < 4.78 is 15.6. The van der Waals surface area contributed by atoms with Crippen molar-refractivity contribution in [1.29, 1.82) is 0 Å². The number of nitrogens with one attached hydrogen (secondary N) is 1. The molecule has 0 radical (unpaired) electrons. The maximum absolute atomic E-state index is 13.7. The molecule has 0 fully saturated rings. The summed E-state index contributed by atoms with van der Waals surface area (Å²) in [5.74, 6) is 1.15. The molecule has 1 aliphatic rings. The Morgan fingerprint density at radius 2 is 2.12 bits per heavy atom. The van der Waals surface area contributed by atoms with Crippen LogP contribution in [0.25, 0.3) is 11.4 Å². The lowest BCUT2D eigenvalue weighted by atomic mass is 10.0. The highest BCUT2D eigenvalue weighted by Crippen LogP contribution is 2.30. The SMILES string of the molecule is CC(C)(F)CNc1ncc2c(n1)CCCC=C2c1cnc2nccn2c1. The van der Waals surface area contributed by atoms with Crippen molar-refractivity contribution in [2.24, 2.45) is 0 Å². The van der Waals surface area contributed by atoms with Gasteiger partial charge in [-0.05, 0) is 38.7 Å². The Morgan fingerprint density at radius 3 is 2.96 bits per heavy atom. The number of hydrogen-bond donors (Lipinski definition) is 1. The van der Waals surface area contributed by atoms with E-state index in [2.05, 4.69) is 31.3 Å². The summed E-state index contributed by atoms with van der Waals surface area (Å²) >= 11 is 0. The molecule has 0 unspecified atom stereocenters. The predicted molar refractivity (Wildman–Crippen MR) is 98.7 cm³/mol. The van der Waals surface area contributed by atoms with Crippen molar-refractivity contribution >= 4 is 17.3 Å². The van der Waals surface area contributed by atoms with Gasteiger partial charge < -0.3 is 5.32 Å². The third-order valence-electron chi connectivity index (χ3n) is 4.35. The summed E-state index contributed by atoms with van der Waals surface area (Å²) in [6.07, 6.45) is 14.4. The van der Waals surface area contributed by atoms with Crippen LogP contribution in [0, 0.1) is 0 Å². The zero-order valence-electron chi connectivity index (χ0n) is 14.9. The van der Waals surface area contributed by atoms with Gasteiger partial charge in [0, 0.05) is 42.1 Å². The molecule has 0 saturated carbocycles. The molecule has 4 rings (SSSR count). The Kier molecular flexibility index (Phi) is 4.14. The molecule has 26 heavy (non-hydrogen) atoms. The van der Waals surface area contributed by atoms with Crippen molar-refractivity contribution in [3.8, 4) is 0 Å². The normalized spacial score (nSPS) is 14.7. The van der Waals surface area contributed by atoms with E-state index in [1.54, 1.807) is 6.20 Å². The number of hydrogen-bond acceptors (Lipinski definition) is 5. The highest BCUT2D eigenvalue weighted by molar-refractivity contribution is 5.80. The van der Waals surface area contributed by atoms with Gasteiger partial charge in [0.25, 0.3) is 0 Å². The van der Waals surface area contributed by atoms with Crippen LogP contribution in [0.1, 0.15) is 43.5 Å². The monoisotopic (exact) mass is 352 g/mol. The summed E-state index contributed by atoms with van der Waals surface area (Å²) in [6, 6.07) is 0. The smallest absolute Gasteiger partial charge is 0.233 e. The molecule has 3 aromatic rings. The summed E-state index contributed by atoms with van der Waals surface area (Å²) in [7, 11) is 0. The number of alkyl halides is 1. The highest BCUT2D eigenvalue weighted by atomic mass is 19.1. The van der Waals surface area contributed by atoms with Crippen LogP contribution in [0.15, 0.2) is 37.1 Å². The Balaban J connectivity index is 1.69. The van der Waals surface area contributed by atoms with Gasteiger partial charge in [0.15, 0.2) is 0 Å². The van der Waals surface area contributed by atoms with E-state index in [1.165, 1.54) is 13.8 Å². The highest BCUT2D eigenvalue weighted by Gasteiger charge is 2.19. The fourth-order valence-corrected chi connectivity index (χ4v) is 3.06. The quantitative estimate of drug-likeness (QED) is 0.779. The summed E-state index contributed by atoms with van der Waals surface area (Å²) in [6.45, 7) is 3.24. The first-order valence-corrected chi connectivity index (χ1v) is 8.78. The van der Waals surface area contributed by atoms with Crippen LogP contribution >= 0.6 is 0 Å². The molecule has 7 heteroatoms. The van der Waals surface area contributed by atoms with Gasteiger partial charge in [-0.3, -0.25) is 4.40 Å².